The minimum atomic E-state index is -0.505. The third-order valence-electron chi connectivity index (χ3n) is 4.28. The second-order valence-corrected chi connectivity index (χ2v) is 5.71. The van der Waals surface area contributed by atoms with Gasteiger partial charge in [0.25, 0.3) is 5.69 Å². The summed E-state index contributed by atoms with van der Waals surface area (Å²) in [5.41, 5.74) is 0.698. The molecule has 1 N–H and O–H groups in total. The fraction of sp³-hybridized carbons (Fsp3) is 0.533. The molecule has 3 atom stereocenters. The van der Waals surface area contributed by atoms with Gasteiger partial charge in [0, 0.05) is 17.8 Å². The predicted molar refractivity (Wildman–Crippen MR) is 77.4 cm³/mol. The lowest BCUT2D eigenvalue weighted by Crippen LogP contribution is -2.30. The Balaban J connectivity index is 2.13. The number of hydrogen-bond donors (Lipinski definition) is 1. The van der Waals surface area contributed by atoms with E-state index >= 15 is 0 Å². The molecule has 0 aromatic heterocycles. The van der Waals surface area contributed by atoms with Gasteiger partial charge in [0.1, 0.15) is 11.6 Å². The SMILES string of the molecule is CC1CCC(Nc2ccc(C#N)c([N+](=O)[O-])c2)CC1C. The highest BCUT2D eigenvalue weighted by atomic mass is 16.6. The zero-order chi connectivity index (χ0) is 14.7. The smallest absolute Gasteiger partial charge is 0.289 e. The van der Waals surface area contributed by atoms with E-state index in [1.165, 1.54) is 18.6 Å². The van der Waals surface area contributed by atoms with Crippen LogP contribution in [0.15, 0.2) is 18.2 Å². The average molecular weight is 273 g/mol. The van der Waals surface area contributed by atoms with Crippen molar-refractivity contribution in [3.05, 3.63) is 33.9 Å². The van der Waals surface area contributed by atoms with Gasteiger partial charge in [-0.1, -0.05) is 13.8 Å². The van der Waals surface area contributed by atoms with Crippen molar-refractivity contribution in [1.82, 2.24) is 0 Å². The first-order valence-electron chi connectivity index (χ1n) is 6.96. The molecule has 1 fully saturated rings. The number of nitro benzene ring substituents is 1. The first-order chi connectivity index (χ1) is 9.51. The monoisotopic (exact) mass is 273 g/mol. The Bertz CT molecular complexity index is 551. The minimum Gasteiger partial charge on any atom is -0.382 e. The van der Waals surface area contributed by atoms with Crippen LogP contribution in [0.5, 0.6) is 0 Å². The maximum atomic E-state index is 10.9. The highest BCUT2D eigenvalue weighted by molar-refractivity contribution is 5.59. The number of benzene rings is 1. The molecule has 1 saturated carbocycles. The fourth-order valence-electron chi connectivity index (χ4n) is 2.78. The van der Waals surface area contributed by atoms with E-state index in [-0.39, 0.29) is 11.3 Å². The maximum Gasteiger partial charge on any atom is 0.289 e. The lowest BCUT2D eigenvalue weighted by molar-refractivity contribution is -0.385. The number of rotatable bonds is 3. The van der Waals surface area contributed by atoms with Gasteiger partial charge in [-0.25, -0.2) is 0 Å². The first kappa shape index (κ1) is 14.3. The largest absolute Gasteiger partial charge is 0.382 e. The molecule has 0 saturated heterocycles. The molecule has 20 heavy (non-hydrogen) atoms. The van der Waals surface area contributed by atoms with Crippen molar-refractivity contribution in [2.75, 3.05) is 5.32 Å². The molecule has 1 aromatic carbocycles. The van der Waals surface area contributed by atoms with Crippen molar-refractivity contribution in [3.8, 4) is 6.07 Å². The van der Waals surface area contributed by atoms with E-state index in [9.17, 15) is 10.1 Å². The first-order valence-corrected chi connectivity index (χ1v) is 6.96. The van der Waals surface area contributed by atoms with Gasteiger partial charge in [0.15, 0.2) is 0 Å². The molecule has 1 aliphatic rings. The zero-order valence-electron chi connectivity index (χ0n) is 11.8. The molecule has 0 amide bonds. The fourth-order valence-corrected chi connectivity index (χ4v) is 2.78. The number of nitro groups is 1. The van der Waals surface area contributed by atoms with Crippen molar-refractivity contribution in [1.29, 1.82) is 5.26 Å². The Morgan fingerprint density at radius 3 is 2.70 bits per heavy atom. The third kappa shape index (κ3) is 3.08. The summed E-state index contributed by atoms with van der Waals surface area (Å²) in [6, 6.07) is 6.92. The summed E-state index contributed by atoms with van der Waals surface area (Å²) >= 11 is 0. The van der Waals surface area contributed by atoms with Crippen LogP contribution >= 0.6 is 0 Å². The number of nitrogens with zero attached hydrogens (tertiary/aromatic N) is 2. The molecule has 0 aliphatic heterocycles. The highest BCUT2D eigenvalue weighted by Gasteiger charge is 2.25. The van der Waals surface area contributed by atoms with Gasteiger partial charge in [-0.15, -0.1) is 0 Å². The maximum absolute atomic E-state index is 10.9. The summed E-state index contributed by atoms with van der Waals surface area (Å²) in [4.78, 5) is 10.4. The van der Waals surface area contributed by atoms with Crippen LogP contribution in [-0.4, -0.2) is 11.0 Å². The van der Waals surface area contributed by atoms with Crippen LogP contribution in [0.4, 0.5) is 11.4 Å². The van der Waals surface area contributed by atoms with E-state index in [0.717, 1.165) is 24.4 Å². The molecule has 0 heterocycles. The van der Waals surface area contributed by atoms with Crippen molar-refractivity contribution in [3.63, 3.8) is 0 Å². The minimum absolute atomic E-state index is 0.103. The Hall–Kier alpha value is -2.09. The van der Waals surface area contributed by atoms with E-state index in [2.05, 4.69) is 19.2 Å². The van der Waals surface area contributed by atoms with Crippen molar-refractivity contribution >= 4 is 11.4 Å². The van der Waals surface area contributed by atoms with Crippen LogP contribution in [0.25, 0.3) is 0 Å². The number of anilines is 1. The van der Waals surface area contributed by atoms with E-state index in [1.54, 1.807) is 6.07 Å². The molecule has 5 nitrogen and oxygen atoms in total. The summed E-state index contributed by atoms with van der Waals surface area (Å²) in [5, 5.41) is 23.2. The van der Waals surface area contributed by atoms with Crippen LogP contribution < -0.4 is 5.32 Å². The lowest BCUT2D eigenvalue weighted by atomic mass is 9.79. The van der Waals surface area contributed by atoms with Gasteiger partial charge in [-0.3, -0.25) is 10.1 Å². The van der Waals surface area contributed by atoms with E-state index < -0.39 is 4.92 Å². The topological polar surface area (TPSA) is 79.0 Å². The van der Waals surface area contributed by atoms with Gasteiger partial charge in [-0.05, 0) is 43.2 Å². The second kappa shape index (κ2) is 5.91. The summed E-state index contributed by atoms with van der Waals surface area (Å²) < 4.78 is 0. The predicted octanol–water partition coefficient (Wildman–Crippen LogP) is 3.70. The molecule has 0 bridgehead atoms. The van der Waals surface area contributed by atoms with Crippen LogP contribution in [0.2, 0.25) is 0 Å². The molecule has 0 radical (unpaired) electrons. The van der Waals surface area contributed by atoms with E-state index in [0.29, 0.717) is 12.0 Å². The zero-order valence-corrected chi connectivity index (χ0v) is 11.8. The number of hydrogen-bond acceptors (Lipinski definition) is 4. The van der Waals surface area contributed by atoms with Crippen LogP contribution in [0.1, 0.15) is 38.7 Å². The highest BCUT2D eigenvalue weighted by Crippen LogP contribution is 2.32. The number of nitriles is 1. The number of nitrogens with one attached hydrogen (secondary N) is 1. The van der Waals surface area contributed by atoms with E-state index in [1.807, 2.05) is 6.07 Å². The molecule has 5 heteroatoms. The normalized spacial score (nSPS) is 25.8. The molecule has 1 aliphatic carbocycles. The second-order valence-electron chi connectivity index (χ2n) is 5.71. The Kier molecular flexibility index (Phi) is 4.23. The van der Waals surface area contributed by atoms with Crippen molar-refractivity contribution < 1.29 is 4.92 Å². The molecule has 2 rings (SSSR count). The Labute approximate surface area is 118 Å². The standard InChI is InChI=1S/C15H19N3O2/c1-10-3-5-13(7-11(10)2)17-14-6-4-12(9-16)15(8-14)18(19)20/h4,6,8,10-11,13,17H,3,5,7H2,1-2H3. The summed E-state index contributed by atoms with van der Waals surface area (Å²) in [5.74, 6) is 1.40. The molecule has 106 valence electrons. The van der Waals surface area contributed by atoms with Gasteiger partial charge in [0.05, 0.1) is 4.92 Å². The van der Waals surface area contributed by atoms with Gasteiger partial charge < -0.3 is 5.32 Å². The van der Waals surface area contributed by atoms with Gasteiger partial charge >= 0.3 is 0 Å². The van der Waals surface area contributed by atoms with Gasteiger partial charge in [0.2, 0.25) is 0 Å². The summed E-state index contributed by atoms with van der Waals surface area (Å²) in [7, 11) is 0. The Morgan fingerprint density at radius 1 is 1.35 bits per heavy atom. The third-order valence-corrected chi connectivity index (χ3v) is 4.28. The molecule has 0 spiro atoms. The molecular formula is C15H19N3O2. The van der Waals surface area contributed by atoms with Crippen molar-refractivity contribution in [2.24, 2.45) is 11.8 Å². The lowest BCUT2D eigenvalue weighted by Gasteiger charge is -2.33. The van der Waals surface area contributed by atoms with Crippen LogP contribution in [-0.2, 0) is 0 Å². The van der Waals surface area contributed by atoms with Crippen molar-refractivity contribution in [2.45, 2.75) is 39.2 Å². The molecule has 1 aromatic rings. The average Bonchev–Trinajstić information content (AvgIpc) is 2.43. The quantitative estimate of drug-likeness (QED) is 0.672. The molecule has 3 unspecified atom stereocenters. The van der Waals surface area contributed by atoms with Crippen LogP contribution in [0.3, 0.4) is 0 Å². The van der Waals surface area contributed by atoms with Crippen LogP contribution in [0, 0.1) is 33.3 Å². The van der Waals surface area contributed by atoms with E-state index in [4.69, 9.17) is 5.26 Å². The Morgan fingerprint density at radius 2 is 2.10 bits per heavy atom. The summed E-state index contributed by atoms with van der Waals surface area (Å²) in [6.45, 7) is 4.52. The molecular weight excluding hydrogens is 254 g/mol. The summed E-state index contributed by atoms with van der Waals surface area (Å²) in [6.07, 6.45) is 3.34. The van der Waals surface area contributed by atoms with Gasteiger partial charge in [-0.2, -0.15) is 5.26 Å².